The molecule has 9 heavy (non-hydrogen) atoms. The van der Waals surface area contributed by atoms with Crippen molar-refractivity contribution in [3.8, 4) is 0 Å². The Kier molecular flexibility index (Phi) is 1.92. The van der Waals surface area contributed by atoms with Gasteiger partial charge in [-0.3, -0.25) is 0 Å². The molecule has 0 atom stereocenters. The smallest absolute Gasteiger partial charge is 0.431 e. The lowest BCUT2D eigenvalue weighted by molar-refractivity contribution is 0.0126. The predicted molar refractivity (Wildman–Crippen MR) is 30.6 cm³/mol. The highest BCUT2D eigenvalue weighted by Crippen LogP contribution is 2.21. The van der Waals surface area contributed by atoms with E-state index < -0.39 is 6.16 Å². The Labute approximate surface area is 53.9 Å². The molecule has 3 heteroatoms. The minimum atomic E-state index is -0.667. The number of ether oxygens (including phenoxy) is 2. The van der Waals surface area contributed by atoms with E-state index in [1.165, 1.54) is 0 Å². The van der Waals surface area contributed by atoms with Gasteiger partial charge in [-0.25, -0.2) is 4.79 Å². The molecular formula is C6H9O3. The van der Waals surface area contributed by atoms with Gasteiger partial charge in [0.25, 0.3) is 0 Å². The molecule has 0 aliphatic heterocycles. The molecule has 1 aliphatic carbocycles. The quantitative estimate of drug-likeness (QED) is 0.503. The first-order chi connectivity index (χ1) is 4.33. The average Bonchev–Trinajstić information content (AvgIpc) is 1.78. The third kappa shape index (κ3) is 1.59. The number of carbonyl (C=O) groups excluding carboxylic acids is 1. The maximum Gasteiger partial charge on any atom is 0.508 e. The van der Waals surface area contributed by atoms with Gasteiger partial charge in [-0.2, -0.15) is 0 Å². The average molecular weight is 129 g/mol. The molecule has 1 rings (SSSR count). The van der Waals surface area contributed by atoms with Gasteiger partial charge in [0.1, 0.15) is 13.2 Å². The summed E-state index contributed by atoms with van der Waals surface area (Å²) in [4.78, 5) is 10.3. The topological polar surface area (TPSA) is 35.5 Å². The van der Waals surface area contributed by atoms with E-state index in [-0.39, 0.29) is 6.10 Å². The largest absolute Gasteiger partial charge is 0.508 e. The van der Waals surface area contributed by atoms with Crippen LogP contribution in [0, 0.1) is 7.11 Å². The molecule has 0 bridgehead atoms. The summed E-state index contributed by atoms with van der Waals surface area (Å²) in [5.41, 5.74) is 0. The van der Waals surface area contributed by atoms with Gasteiger partial charge in [0.05, 0.1) is 0 Å². The molecule has 0 aromatic carbocycles. The SMILES string of the molecule is [CH2]OC(=O)OC1CCC1. The number of rotatable bonds is 1. The molecule has 1 saturated carbocycles. The molecule has 0 heterocycles. The standard InChI is InChI=1S/C6H9O3/c1-8-6(7)9-5-3-2-4-5/h5H,1-4H2. The maximum absolute atomic E-state index is 10.3. The summed E-state index contributed by atoms with van der Waals surface area (Å²) in [6.07, 6.45) is 2.51. The molecule has 1 fully saturated rings. The van der Waals surface area contributed by atoms with Crippen molar-refractivity contribution in [1.82, 2.24) is 0 Å². The van der Waals surface area contributed by atoms with Crippen LogP contribution in [0.2, 0.25) is 0 Å². The van der Waals surface area contributed by atoms with Gasteiger partial charge < -0.3 is 9.47 Å². The first-order valence-corrected chi connectivity index (χ1v) is 2.95. The summed E-state index contributed by atoms with van der Waals surface area (Å²) in [7, 11) is 2.92. The zero-order valence-electron chi connectivity index (χ0n) is 5.13. The first-order valence-electron chi connectivity index (χ1n) is 2.95. The minimum absolute atomic E-state index is 0.0965. The van der Waals surface area contributed by atoms with Crippen molar-refractivity contribution in [2.45, 2.75) is 25.4 Å². The highest BCUT2D eigenvalue weighted by molar-refractivity contribution is 5.60. The molecule has 1 radical (unpaired) electrons. The van der Waals surface area contributed by atoms with E-state index >= 15 is 0 Å². The molecule has 0 amide bonds. The van der Waals surface area contributed by atoms with E-state index in [1.807, 2.05) is 0 Å². The van der Waals surface area contributed by atoms with Crippen molar-refractivity contribution < 1.29 is 14.3 Å². The fraction of sp³-hybridized carbons (Fsp3) is 0.667. The van der Waals surface area contributed by atoms with E-state index in [2.05, 4.69) is 11.8 Å². The summed E-state index contributed by atoms with van der Waals surface area (Å²) in [6.45, 7) is 0. The van der Waals surface area contributed by atoms with E-state index in [4.69, 9.17) is 4.74 Å². The summed E-state index contributed by atoms with van der Waals surface area (Å²) >= 11 is 0. The fourth-order valence-electron chi connectivity index (χ4n) is 0.659. The van der Waals surface area contributed by atoms with Crippen LogP contribution < -0.4 is 0 Å². The Hall–Kier alpha value is -0.730. The van der Waals surface area contributed by atoms with Crippen LogP contribution in [0.1, 0.15) is 19.3 Å². The molecule has 1 aliphatic rings. The molecule has 0 saturated heterocycles. The molecule has 0 aromatic heterocycles. The van der Waals surface area contributed by atoms with Crippen LogP contribution in [0.3, 0.4) is 0 Å². The van der Waals surface area contributed by atoms with E-state index in [0.717, 1.165) is 19.3 Å². The van der Waals surface area contributed by atoms with Crippen molar-refractivity contribution in [1.29, 1.82) is 0 Å². The van der Waals surface area contributed by atoms with Gasteiger partial charge in [-0.15, -0.1) is 0 Å². The van der Waals surface area contributed by atoms with Crippen LogP contribution in [0.5, 0.6) is 0 Å². The van der Waals surface area contributed by atoms with Gasteiger partial charge in [0, 0.05) is 0 Å². The molecule has 0 spiro atoms. The van der Waals surface area contributed by atoms with Crippen molar-refractivity contribution in [3.05, 3.63) is 7.11 Å². The number of hydrogen-bond donors (Lipinski definition) is 0. The molecule has 0 unspecified atom stereocenters. The Morgan fingerprint density at radius 2 is 2.22 bits per heavy atom. The van der Waals surface area contributed by atoms with E-state index in [9.17, 15) is 4.79 Å². The van der Waals surface area contributed by atoms with Crippen LogP contribution in [0.15, 0.2) is 0 Å². The second kappa shape index (κ2) is 2.71. The highest BCUT2D eigenvalue weighted by Gasteiger charge is 2.21. The maximum atomic E-state index is 10.3. The Bertz CT molecular complexity index is 107. The summed E-state index contributed by atoms with van der Waals surface area (Å²) in [5, 5.41) is 0. The van der Waals surface area contributed by atoms with Crippen molar-refractivity contribution in [2.24, 2.45) is 0 Å². The second-order valence-electron chi connectivity index (χ2n) is 2.07. The van der Waals surface area contributed by atoms with E-state index in [0.29, 0.717) is 0 Å². The van der Waals surface area contributed by atoms with Crippen LogP contribution in [-0.2, 0) is 9.47 Å². The normalized spacial score (nSPS) is 18.3. The van der Waals surface area contributed by atoms with Gasteiger partial charge in [0.15, 0.2) is 0 Å². The number of hydrogen-bond acceptors (Lipinski definition) is 3. The zero-order chi connectivity index (χ0) is 6.69. The molecule has 3 nitrogen and oxygen atoms in total. The third-order valence-electron chi connectivity index (χ3n) is 1.43. The predicted octanol–water partition coefficient (Wildman–Crippen LogP) is 1.48. The van der Waals surface area contributed by atoms with Gasteiger partial charge in [0.2, 0.25) is 0 Å². The Morgan fingerprint density at radius 3 is 2.56 bits per heavy atom. The zero-order valence-corrected chi connectivity index (χ0v) is 5.13. The van der Waals surface area contributed by atoms with Crippen molar-refractivity contribution >= 4 is 6.16 Å². The monoisotopic (exact) mass is 129 g/mol. The van der Waals surface area contributed by atoms with Gasteiger partial charge in [-0.05, 0) is 19.3 Å². The summed E-state index contributed by atoms with van der Waals surface area (Å²) < 4.78 is 8.76. The van der Waals surface area contributed by atoms with Crippen LogP contribution >= 0.6 is 0 Å². The molecular weight excluding hydrogens is 120 g/mol. The van der Waals surface area contributed by atoms with Crippen LogP contribution in [0.25, 0.3) is 0 Å². The molecule has 0 N–H and O–H groups in total. The lowest BCUT2D eigenvalue weighted by atomic mass is 9.96. The molecule has 0 aromatic rings. The Balaban J connectivity index is 2.09. The second-order valence-corrected chi connectivity index (χ2v) is 2.07. The lowest BCUT2D eigenvalue weighted by Crippen LogP contribution is -2.24. The first kappa shape index (κ1) is 6.39. The van der Waals surface area contributed by atoms with Crippen molar-refractivity contribution in [3.63, 3.8) is 0 Å². The summed E-state index contributed by atoms with van der Waals surface area (Å²) in [6, 6.07) is 0. The molecule has 51 valence electrons. The lowest BCUT2D eigenvalue weighted by Gasteiger charge is -2.23. The number of carbonyl (C=O) groups is 1. The van der Waals surface area contributed by atoms with Crippen molar-refractivity contribution in [2.75, 3.05) is 0 Å². The van der Waals surface area contributed by atoms with Gasteiger partial charge >= 0.3 is 6.16 Å². The summed E-state index contributed by atoms with van der Waals surface area (Å²) in [5.74, 6) is 0. The highest BCUT2D eigenvalue weighted by atomic mass is 16.7. The van der Waals surface area contributed by atoms with Crippen LogP contribution in [0.4, 0.5) is 4.79 Å². The van der Waals surface area contributed by atoms with Gasteiger partial charge in [-0.1, -0.05) is 0 Å². The van der Waals surface area contributed by atoms with E-state index in [1.54, 1.807) is 0 Å². The van der Waals surface area contributed by atoms with Crippen LogP contribution in [-0.4, -0.2) is 12.3 Å². The minimum Gasteiger partial charge on any atom is -0.431 e. The fourth-order valence-corrected chi connectivity index (χ4v) is 0.659. The Morgan fingerprint density at radius 1 is 1.56 bits per heavy atom. The third-order valence-corrected chi connectivity index (χ3v) is 1.43.